The maximum atomic E-state index is 14.4. The average Bonchev–Trinajstić information content (AvgIpc) is 3.30. The molecule has 3 N–H and O–H groups in total. The lowest BCUT2D eigenvalue weighted by atomic mass is 9.89. The minimum atomic E-state index is -1.34. The van der Waals surface area contributed by atoms with Crippen molar-refractivity contribution < 1.29 is 38.9 Å². The Bertz CT molecular complexity index is 2780. The molecule has 64 heavy (non-hydrogen) atoms. The van der Waals surface area contributed by atoms with Gasteiger partial charge in [-0.15, -0.1) is 0 Å². The molecule has 0 aliphatic carbocycles. The number of amides is 2. The highest BCUT2D eigenvalue weighted by Crippen LogP contribution is 2.43. The lowest BCUT2D eigenvalue weighted by Crippen LogP contribution is -2.56. The number of nitriles is 1. The largest absolute Gasteiger partial charge is 0.489 e. The van der Waals surface area contributed by atoms with Crippen LogP contribution in [0.1, 0.15) is 51.1 Å². The van der Waals surface area contributed by atoms with Gasteiger partial charge in [-0.3, -0.25) is 19.3 Å². The van der Waals surface area contributed by atoms with Crippen LogP contribution < -0.4 is 19.7 Å². The van der Waals surface area contributed by atoms with E-state index in [2.05, 4.69) is 11.4 Å². The van der Waals surface area contributed by atoms with Crippen LogP contribution in [-0.2, 0) is 45.2 Å². The topological polar surface area (TPSA) is 169 Å². The van der Waals surface area contributed by atoms with E-state index in [1.807, 2.05) is 30.3 Å². The van der Waals surface area contributed by atoms with Crippen molar-refractivity contribution in [3.8, 4) is 28.7 Å². The number of carboxylic acid groups (broad SMARTS) is 2. The summed E-state index contributed by atoms with van der Waals surface area (Å²) in [5.74, 6) is -2.46. The third kappa shape index (κ3) is 9.28. The molecule has 0 radical (unpaired) electrons. The molecule has 2 aliphatic heterocycles. The minimum Gasteiger partial charge on any atom is -0.489 e. The van der Waals surface area contributed by atoms with E-state index in [1.165, 1.54) is 4.90 Å². The highest BCUT2D eigenvalue weighted by molar-refractivity contribution is 6.42. The van der Waals surface area contributed by atoms with E-state index in [0.717, 1.165) is 16.7 Å². The Morgan fingerprint density at radius 2 is 1.50 bits per heavy atom. The molecule has 2 aliphatic rings. The van der Waals surface area contributed by atoms with Gasteiger partial charge in [-0.05, 0) is 93.9 Å². The zero-order chi connectivity index (χ0) is 45.1. The average molecular weight is 896 g/mol. The number of aliphatic carboxylic acids is 2. The molecule has 322 valence electrons. The summed E-state index contributed by atoms with van der Waals surface area (Å²) in [6.07, 6.45) is -1.01. The van der Waals surface area contributed by atoms with Crippen LogP contribution in [0.3, 0.4) is 0 Å². The summed E-state index contributed by atoms with van der Waals surface area (Å²) in [6.45, 7) is 0.248. The van der Waals surface area contributed by atoms with Gasteiger partial charge in [0.25, 0.3) is 5.91 Å². The molecule has 0 spiro atoms. The summed E-state index contributed by atoms with van der Waals surface area (Å²) in [5, 5.41) is 33.8. The number of likely N-dealkylation sites (N-methyl/N-ethyl adjacent to an activating group) is 1. The zero-order valence-electron chi connectivity index (χ0n) is 34.3. The summed E-state index contributed by atoms with van der Waals surface area (Å²) in [5.41, 5.74) is 6.65. The third-order valence-electron chi connectivity index (χ3n) is 11.5. The number of hydrogen-bond donors (Lipinski definition) is 3. The Balaban J connectivity index is 1.04. The maximum absolute atomic E-state index is 14.4. The van der Waals surface area contributed by atoms with Gasteiger partial charge in [-0.2, -0.15) is 5.26 Å². The highest BCUT2D eigenvalue weighted by atomic mass is 35.5. The first-order valence-electron chi connectivity index (χ1n) is 20.3. The number of carbonyl (C=O) groups is 4. The highest BCUT2D eigenvalue weighted by Gasteiger charge is 2.42. The summed E-state index contributed by atoms with van der Waals surface area (Å²) < 4.78 is 12.3. The van der Waals surface area contributed by atoms with Crippen LogP contribution in [-0.4, -0.2) is 58.0 Å². The number of rotatable bonds is 13. The number of ether oxygens (including phenoxy) is 2. The molecular weight excluding hydrogens is 855 g/mol. The number of halogens is 2. The standard InChI is InChI=1S/C50H40Cl2N4O8/c1-55-42-23-36-24-43(47(57)54-41(49(59)60)22-29-7-12-32(13-8-29)33-14-9-30(26-53)10-15-33)56(45(50(61)62)34-5-3-2-4-6-34)27-37(36)25-44(42)64-46(48(55)58)35-16-18-38(19-17-35)63-28-31-11-20-39(51)40(52)21-31/h2-21,23,25,41,43,45-46H,22,24,27-28H2,1H3,(H,54,57)(H,59,60)(H,61,62)/t41-,43?,45?,46-/m0/s1. The molecule has 6 aromatic carbocycles. The zero-order valence-corrected chi connectivity index (χ0v) is 35.8. The number of nitrogens with zero attached hydrogens (tertiary/aromatic N) is 3. The van der Waals surface area contributed by atoms with Gasteiger partial charge in [0.15, 0.2) is 0 Å². The summed E-state index contributed by atoms with van der Waals surface area (Å²) >= 11 is 12.2. The van der Waals surface area contributed by atoms with Gasteiger partial charge in [0.05, 0.1) is 33.4 Å². The van der Waals surface area contributed by atoms with E-state index in [9.17, 15) is 29.4 Å². The summed E-state index contributed by atoms with van der Waals surface area (Å²) in [4.78, 5) is 57.1. The first-order chi connectivity index (χ1) is 30.9. The molecule has 8 rings (SSSR count). The molecule has 14 heteroatoms. The first kappa shape index (κ1) is 43.5. The Morgan fingerprint density at radius 1 is 0.828 bits per heavy atom. The van der Waals surface area contributed by atoms with Gasteiger partial charge in [0, 0.05) is 25.6 Å². The SMILES string of the molecule is CN1C(=O)[C@H](c2ccc(OCc3ccc(Cl)c(Cl)c3)cc2)Oc2cc3c(cc21)CC(C(=O)N[C@@H](Cc1ccc(-c2ccc(C#N)cc2)cc1)C(=O)O)N(C(C(=O)O)c1ccccc1)C3. The first-order valence-corrected chi connectivity index (χ1v) is 21.0. The molecule has 2 heterocycles. The molecule has 2 amide bonds. The lowest BCUT2D eigenvalue weighted by molar-refractivity contribution is -0.149. The maximum Gasteiger partial charge on any atom is 0.326 e. The number of hydrogen-bond acceptors (Lipinski definition) is 8. The predicted octanol–water partition coefficient (Wildman–Crippen LogP) is 8.57. The van der Waals surface area contributed by atoms with E-state index in [1.54, 1.807) is 115 Å². The molecule has 4 atom stereocenters. The normalized spacial score (nSPS) is 16.6. The molecule has 12 nitrogen and oxygen atoms in total. The number of fused-ring (bicyclic) bond motifs is 2. The van der Waals surface area contributed by atoms with E-state index in [-0.39, 0.29) is 31.9 Å². The fourth-order valence-corrected chi connectivity index (χ4v) is 8.42. The van der Waals surface area contributed by atoms with Crippen LogP contribution in [0, 0.1) is 11.3 Å². The predicted molar refractivity (Wildman–Crippen MR) is 240 cm³/mol. The van der Waals surface area contributed by atoms with E-state index < -0.39 is 42.1 Å². The molecule has 0 fully saturated rings. The lowest BCUT2D eigenvalue weighted by Gasteiger charge is -2.41. The number of benzene rings is 6. The van der Waals surface area contributed by atoms with Gasteiger partial charge >= 0.3 is 11.9 Å². The Kier molecular flexibility index (Phi) is 12.7. The number of carbonyl (C=O) groups excluding carboxylic acids is 2. The van der Waals surface area contributed by atoms with Crippen molar-refractivity contribution in [2.45, 2.75) is 50.2 Å². The van der Waals surface area contributed by atoms with Crippen LogP contribution in [0.25, 0.3) is 11.1 Å². The molecule has 0 aromatic heterocycles. The van der Waals surface area contributed by atoms with E-state index in [0.29, 0.717) is 60.6 Å². The quantitative estimate of drug-likeness (QED) is 0.102. The summed E-state index contributed by atoms with van der Waals surface area (Å²) in [7, 11) is 1.64. The van der Waals surface area contributed by atoms with E-state index >= 15 is 0 Å². The van der Waals surface area contributed by atoms with Crippen molar-refractivity contribution >= 4 is 52.6 Å². The van der Waals surface area contributed by atoms with Crippen LogP contribution in [0.15, 0.2) is 133 Å². The van der Waals surface area contributed by atoms with Crippen molar-refractivity contribution in [2.75, 3.05) is 11.9 Å². The Hall–Kier alpha value is -7.17. The fourth-order valence-electron chi connectivity index (χ4n) is 8.10. The second-order valence-electron chi connectivity index (χ2n) is 15.6. The van der Waals surface area contributed by atoms with Gasteiger partial charge in [0.2, 0.25) is 12.0 Å². The number of nitrogens with one attached hydrogen (secondary N) is 1. The number of anilines is 1. The van der Waals surface area contributed by atoms with Crippen molar-refractivity contribution in [3.05, 3.63) is 182 Å². The van der Waals surface area contributed by atoms with E-state index in [4.69, 9.17) is 37.9 Å². The molecule has 0 bridgehead atoms. The van der Waals surface area contributed by atoms with Crippen LogP contribution in [0.5, 0.6) is 11.5 Å². The molecule has 2 unspecified atom stereocenters. The van der Waals surface area contributed by atoms with Crippen molar-refractivity contribution in [2.24, 2.45) is 0 Å². The van der Waals surface area contributed by atoms with Gasteiger partial charge in [0.1, 0.15) is 30.2 Å². The molecule has 6 aromatic rings. The van der Waals surface area contributed by atoms with Crippen LogP contribution in [0.4, 0.5) is 5.69 Å². The molecule has 0 saturated carbocycles. The minimum absolute atomic E-state index is 0.00232. The fraction of sp³-hybridized carbons (Fsp3) is 0.180. The monoisotopic (exact) mass is 894 g/mol. The Morgan fingerprint density at radius 3 is 2.14 bits per heavy atom. The smallest absolute Gasteiger partial charge is 0.326 e. The van der Waals surface area contributed by atoms with Gasteiger partial charge in [-0.1, -0.05) is 108 Å². The van der Waals surface area contributed by atoms with Gasteiger partial charge in [-0.25, -0.2) is 4.79 Å². The van der Waals surface area contributed by atoms with Crippen molar-refractivity contribution in [1.82, 2.24) is 10.2 Å². The van der Waals surface area contributed by atoms with Gasteiger partial charge < -0.3 is 29.9 Å². The van der Waals surface area contributed by atoms with Crippen LogP contribution >= 0.6 is 23.2 Å². The van der Waals surface area contributed by atoms with Crippen LogP contribution in [0.2, 0.25) is 10.0 Å². The molecular formula is C50H40Cl2N4O8. The molecule has 0 saturated heterocycles. The second kappa shape index (κ2) is 18.7. The second-order valence-corrected chi connectivity index (χ2v) is 16.4. The van der Waals surface area contributed by atoms with Crippen molar-refractivity contribution in [3.63, 3.8) is 0 Å². The summed E-state index contributed by atoms with van der Waals surface area (Å²) in [6, 6.07) is 37.1. The Labute approximate surface area is 378 Å². The third-order valence-corrected chi connectivity index (χ3v) is 12.3. The van der Waals surface area contributed by atoms with Crippen molar-refractivity contribution in [1.29, 1.82) is 5.26 Å². The number of carboxylic acids is 2.